The van der Waals surface area contributed by atoms with Crippen LogP contribution in [0.15, 0.2) is 24.4 Å². The molecule has 1 aromatic heterocycles. The zero-order valence-electron chi connectivity index (χ0n) is 15.5. The predicted octanol–water partition coefficient (Wildman–Crippen LogP) is 2.99. The summed E-state index contributed by atoms with van der Waals surface area (Å²) in [7, 11) is 0.982. The first-order valence-electron chi connectivity index (χ1n) is 9.69. The van der Waals surface area contributed by atoms with Crippen LogP contribution in [0.3, 0.4) is 0 Å². The Morgan fingerprint density at radius 1 is 1.26 bits per heavy atom. The van der Waals surface area contributed by atoms with Crippen molar-refractivity contribution in [3.63, 3.8) is 0 Å². The summed E-state index contributed by atoms with van der Waals surface area (Å²) in [4.78, 5) is 9.35. The number of hydrogen-bond donors (Lipinski definition) is 1. The van der Waals surface area contributed by atoms with Gasteiger partial charge in [-0.15, -0.1) is 0 Å². The van der Waals surface area contributed by atoms with Gasteiger partial charge < -0.3 is 19.2 Å². The molecule has 27 heavy (non-hydrogen) atoms. The van der Waals surface area contributed by atoms with Crippen molar-refractivity contribution in [1.29, 1.82) is 0 Å². The average molecular weight is 366 g/mol. The first kappa shape index (κ1) is 17.0. The van der Waals surface area contributed by atoms with Crippen molar-refractivity contribution in [3.05, 3.63) is 35.7 Å². The third-order valence-corrected chi connectivity index (χ3v) is 6.09. The lowest BCUT2D eigenvalue weighted by Crippen LogP contribution is -2.30. The molecule has 1 saturated heterocycles. The first-order valence-corrected chi connectivity index (χ1v) is 9.69. The molecule has 5 rings (SSSR count). The fraction of sp³-hybridized carbons (Fsp3) is 0.500. The van der Waals surface area contributed by atoms with Gasteiger partial charge in [0.15, 0.2) is 17.3 Å². The molecule has 6 nitrogen and oxygen atoms in total. The standard InChI is InChI=1S/C20H23BN2O4/c1-25-17-5-4-14(15-10-20(27-18(15)17)7-2-3-8-20)19-22-9-6-16(23-19)13-11-21(24)26-12-13/h4-6,9,13,24H,2-3,7-8,10-12H2,1H3. The normalized spacial score (nSPS) is 22.9. The van der Waals surface area contributed by atoms with E-state index in [1.807, 2.05) is 18.2 Å². The van der Waals surface area contributed by atoms with Crippen molar-refractivity contribution < 1.29 is 19.2 Å². The molecule has 3 heterocycles. The van der Waals surface area contributed by atoms with Gasteiger partial charge >= 0.3 is 7.12 Å². The highest BCUT2D eigenvalue weighted by molar-refractivity contribution is 6.43. The van der Waals surface area contributed by atoms with Crippen LogP contribution in [-0.2, 0) is 11.1 Å². The van der Waals surface area contributed by atoms with Gasteiger partial charge in [0.25, 0.3) is 0 Å². The second-order valence-electron chi connectivity index (χ2n) is 7.82. The minimum atomic E-state index is -0.700. The van der Waals surface area contributed by atoms with Crippen LogP contribution in [0.5, 0.6) is 11.5 Å². The van der Waals surface area contributed by atoms with Crippen LogP contribution in [-0.4, -0.2) is 41.4 Å². The Bertz CT molecular complexity index is 869. The van der Waals surface area contributed by atoms with E-state index < -0.39 is 7.12 Å². The molecule has 1 N–H and O–H groups in total. The van der Waals surface area contributed by atoms with Crippen LogP contribution in [0.25, 0.3) is 11.4 Å². The van der Waals surface area contributed by atoms with Crippen LogP contribution < -0.4 is 9.47 Å². The molecule has 1 aromatic carbocycles. The van der Waals surface area contributed by atoms with Gasteiger partial charge in [-0.05, 0) is 50.2 Å². The number of fused-ring (bicyclic) bond motifs is 1. The van der Waals surface area contributed by atoms with E-state index in [-0.39, 0.29) is 11.5 Å². The Morgan fingerprint density at radius 2 is 2.11 bits per heavy atom. The van der Waals surface area contributed by atoms with Crippen molar-refractivity contribution in [2.45, 2.75) is 49.9 Å². The lowest BCUT2D eigenvalue weighted by molar-refractivity contribution is 0.0996. The number of nitrogens with zero attached hydrogens (tertiary/aromatic N) is 2. The third kappa shape index (κ3) is 2.89. The van der Waals surface area contributed by atoms with Crippen molar-refractivity contribution in [3.8, 4) is 22.9 Å². The highest BCUT2D eigenvalue weighted by atomic mass is 16.5. The summed E-state index contributed by atoms with van der Waals surface area (Å²) in [5.74, 6) is 2.43. The SMILES string of the molecule is COc1ccc(-c2nccc(C3COB(O)C3)n2)c2c1OC1(CCCC1)C2. The van der Waals surface area contributed by atoms with Gasteiger partial charge in [0.05, 0.1) is 7.11 Å². The quantitative estimate of drug-likeness (QED) is 0.842. The van der Waals surface area contributed by atoms with E-state index in [9.17, 15) is 5.02 Å². The molecular formula is C20H23BN2O4. The Balaban J connectivity index is 1.54. The molecule has 1 atom stereocenters. The summed E-state index contributed by atoms with van der Waals surface area (Å²) in [6.07, 6.45) is 7.84. The topological polar surface area (TPSA) is 73.7 Å². The van der Waals surface area contributed by atoms with E-state index in [0.29, 0.717) is 18.8 Å². The molecule has 2 aromatic rings. The predicted molar refractivity (Wildman–Crippen MR) is 101 cm³/mol. The maximum absolute atomic E-state index is 9.65. The van der Waals surface area contributed by atoms with Crippen LogP contribution in [0.2, 0.25) is 6.32 Å². The average Bonchev–Trinajstić information content (AvgIpc) is 3.41. The van der Waals surface area contributed by atoms with E-state index in [1.54, 1.807) is 13.3 Å². The maximum atomic E-state index is 9.65. The third-order valence-electron chi connectivity index (χ3n) is 6.09. The van der Waals surface area contributed by atoms with Gasteiger partial charge in [-0.3, -0.25) is 0 Å². The maximum Gasteiger partial charge on any atom is 0.454 e. The van der Waals surface area contributed by atoms with Gasteiger partial charge in [-0.25, -0.2) is 9.97 Å². The lowest BCUT2D eigenvalue weighted by Gasteiger charge is -2.22. The first-order chi connectivity index (χ1) is 13.2. The van der Waals surface area contributed by atoms with Gasteiger partial charge in [0, 0.05) is 42.0 Å². The van der Waals surface area contributed by atoms with E-state index in [0.717, 1.165) is 47.6 Å². The largest absolute Gasteiger partial charge is 0.493 e. The van der Waals surface area contributed by atoms with Gasteiger partial charge in [0.1, 0.15) is 5.60 Å². The molecule has 0 radical (unpaired) electrons. The summed E-state index contributed by atoms with van der Waals surface area (Å²) in [6, 6.07) is 5.89. The molecule has 0 amide bonds. The molecule has 7 heteroatoms. The number of benzene rings is 1. The number of hydrogen-bond acceptors (Lipinski definition) is 6. The van der Waals surface area contributed by atoms with Crippen molar-refractivity contribution >= 4 is 7.12 Å². The minimum Gasteiger partial charge on any atom is -0.493 e. The van der Waals surface area contributed by atoms with E-state index in [1.165, 1.54) is 12.8 Å². The molecule has 140 valence electrons. The van der Waals surface area contributed by atoms with Gasteiger partial charge in [-0.1, -0.05) is 0 Å². The summed E-state index contributed by atoms with van der Waals surface area (Å²) in [6.45, 7) is 0.491. The minimum absolute atomic E-state index is 0.0905. The number of ether oxygens (including phenoxy) is 2. The number of aromatic nitrogens is 2. The van der Waals surface area contributed by atoms with Gasteiger partial charge in [0.2, 0.25) is 0 Å². The van der Waals surface area contributed by atoms with Crippen molar-refractivity contribution in [2.75, 3.05) is 13.7 Å². The Kier molecular flexibility index (Phi) is 4.09. The number of methoxy groups -OCH3 is 1. The van der Waals surface area contributed by atoms with Crippen LogP contribution in [0.4, 0.5) is 0 Å². The molecule has 3 aliphatic rings. The van der Waals surface area contributed by atoms with E-state index in [4.69, 9.17) is 19.1 Å². The zero-order chi connectivity index (χ0) is 18.4. The Labute approximate surface area is 159 Å². The number of rotatable bonds is 3. The zero-order valence-corrected chi connectivity index (χ0v) is 15.5. The van der Waals surface area contributed by atoms with E-state index >= 15 is 0 Å². The molecule has 1 spiro atoms. The van der Waals surface area contributed by atoms with Gasteiger partial charge in [-0.2, -0.15) is 0 Å². The molecule has 1 saturated carbocycles. The van der Waals surface area contributed by atoms with Crippen LogP contribution in [0, 0.1) is 0 Å². The Morgan fingerprint density at radius 3 is 2.85 bits per heavy atom. The second-order valence-corrected chi connectivity index (χ2v) is 7.82. The van der Waals surface area contributed by atoms with Crippen molar-refractivity contribution in [1.82, 2.24) is 9.97 Å². The molecule has 2 fully saturated rings. The van der Waals surface area contributed by atoms with Crippen LogP contribution >= 0.6 is 0 Å². The second kappa shape index (κ2) is 6.50. The summed E-state index contributed by atoms with van der Waals surface area (Å²) in [5, 5.41) is 9.65. The molecule has 1 aliphatic carbocycles. The van der Waals surface area contributed by atoms with Crippen LogP contribution in [0.1, 0.15) is 42.9 Å². The molecule has 0 bridgehead atoms. The van der Waals surface area contributed by atoms with Crippen molar-refractivity contribution in [2.24, 2.45) is 0 Å². The highest BCUT2D eigenvalue weighted by Gasteiger charge is 2.44. The van der Waals surface area contributed by atoms with E-state index in [2.05, 4.69) is 4.98 Å². The molecule has 1 unspecified atom stereocenters. The molecule has 2 aliphatic heterocycles. The monoisotopic (exact) mass is 366 g/mol. The summed E-state index contributed by atoms with van der Waals surface area (Å²) in [5.41, 5.74) is 2.98. The summed E-state index contributed by atoms with van der Waals surface area (Å²) >= 11 is 0. The lowest BCUT2D eigenvalue weighted by atomic mass is 9.81. The fourth-order valence-corrected chi connectivity index (χ4v) is 4.68. The smallest absolute Gasteiger partial charge is 0.454 e. The highest BCUT2D eigenvalue weighted by Crippen LogP contribution is 2.51. The fourth-order valence-electron chi connectivity index (χ4n) is 4.68. The molecular weight excluding hydrogens is 343 g/mol. The summed E-state index contributed by atoms with van der Waals surface area (Å²) < 4.78 is 17.3. The Hall–Kier alpha value is -2.12.